The van der Waals surface area contributed by atoms with E-state index in [1.165, 1.54) is 4.57 Å². The van der Waals surface area contributed by atoms with Gasteiger partial charge in [-0.05, 0) is 25.2 Å². The summed E-state index contributed by atoms with van der Waals surface area (Å²) >= 11 is 0. The van der Waals surface area contributed by atoms with Gasteiger partial charge in [-0.2, -0.15) is 0 Å². The number of aromatic nitrogens is 1. The number of fused-ring (bicyclic) bond motifs is 1. The minimum absolute atomic E-state index is 0.0908. The molecule has 7 nitrogen and oxygen atoms in total. The molecule has 1 aliphatic heterocycles. The maximum absolute atomic E-state index is 12.8. The Morgan fingerprint density at radius 2 is 1.45 bits per heavy atom. The summed E-state index contributed by atoms with van der Waals surface area (Å²) in [6.45, 7) is 3.82. The largest absolute Gasteiger partial charge is 0.367 e. The molecular weight excluding hydrogens is 366 g/mol. The van der Waals surface area contributed by atoms with E-state index in [2.05, 4.69) is 27.5 Å². The van der Waals surface area contributed by atoms with Crippen LogP contribution in [-0.4, -0.2) is 48.7 Å². The van der Waals surface area contributed by atoms with Crippen LogP contribution in [0.25, 0.3) is 10.8 Å². The van der Waals surface area contributed by atoms with Gasteiger partial charge in [-0.1, -0.05) is 30.3 Å². The van der Waals surface area contributed by atoms with E-state index in [-0.39, 0.29) is 11.6 Å². The van der Waals surface area contributed by atoms with E-state index < -0.39 is 0 Å². The molecule has 4 rings (SSSR count). The highest BCUT2D eigenvalue weighted by Crippen LogP contribution is 2.27. The molecule has 0 bridgehead atoms. The molecule has 0 saturated carbocycles. The smallest absolute Gasteiger partial charge is 0.323 e. The number of piperazine rings is 1. The number of anilines is 3. The lowest BCUT2D eigenvalue weighted by molar-refractivity contribution is 0.262. The molecule has 0 aliphatic carbocycles. The lowest BCUT2D eigenvalue weighted by Gasteiger charge is -2.35. The number of carbonyl (C=O) groups excluding carboxylic acids is 1. The Morgan fingerprint density at radius 3 is 2.21 bits per heavy atom. The summed E-state index contributed by atoms with van der Waals surface area (Å²) in [5, 5.41) is 7.17. The number of pyridine rings is 1. The first-order valence-corrected chi connectivity index (χ1v) is 9.72. The number of amides is 2. The summed E-state index contributed by atoms with van der Waals surface area (Å²) in [7, 11) is 3.80. The van der Waals surface area contributed by atoms with Crippen molar-refractivity contribution in [1.82, 2.24) is 9.47 Å². The molecule has 0 radical (unpaired) electrons. The summed E-state index contributed by atoms with van der Waals surface area (Å²) in [5.74, 6) is 0. The van der Waals surface area contributed by atoms with Crippen molar-refractivity contribution >= 4 is 33.9 Å². The summed E-state index contributed by atoms with van der Waals surface area (Å²) < 4.78 is 1.48. The Balaban J connectivity index is 1.57. The zero-order valence-electron chi connectivity index (χ0n) is 16.7. The van der Waals surface area contributed by atoms with Crippen LogP contribution in [0.2, 0.25) is 0 Å². The van der Waals surface area contributed by atoms with Gasteiger partial charge >= 0.3 is 6.03 Å². The van der Waals surface area contributed by atoms with E-state index in [0.29, 0.717) is 11.1 Å². The van der Waals surface area contributed by atoms with E-state index in [0.717, 1.165) is 42.9 Å². The van der Waals surface area contributed by atoms with Crippen molar-refractivity contribution in [2.24, 2.45) is 7.05 Å². The fourth-order valence-corrected chi connectivity index (χ4v) is 3.69. The van der Waals surface area contributed by atoms with Gasteiger partial charge in [0.2, 0.25) is 0 Å². The van der Waals surface area contributed by atoms with Crippen molar-refractivity contribution < 1.29 is 4.79 Å². The Bertz CT molecular complexity index is 1100. The fraction of sp³-hybridized carbons (Fsp3) is 0.273. The lowest BCUT2D eigenvalue weighted by atomic mass is 10.1. The number of hydrogen-bond donors (Lipinski definition) is 2. The number of aryl methyl sites for hydroxylation is 1. The average Bonchev–Trinajstić information content (AvgIpc) is 2.73. The summed E-state index contributed by atoms with van der Waals surface area (Å²) in [6.07, 6.45) is 1.65. The highest BCUT2D eigenvalue weighted by Gasteiger charge is 2.18. The number of urea groups is 1. The normalized spacial score (nSPS) is 14.8. The van der Waals surface area contributed by atoms with Gasteiger partial charge in [-0.25, -0.2) is 4.79 Å². The molecule has 29 heavy (non-hydrogen) atoms. The third kappa shape index (κ3) is 3.95. The third-order valence-electron chi connectivity index (χ3n) is 5.34. The molecule has 3 aromatic rings. The molecule has 1 fully saturated rings. The van der Waals surface area contributed by atoms with Crippen molar-refractivity contribution in [3.8, 4) is 0 Å². The van der Waals surface area contributed by atoms with Crippen LogP contribution in [0, 0.1) is 0 Å². The Labute approximate surface area is 169 Å². The lowest BCUT2D eigenvalue weighted by Crippen LogP contribution is -2.44. The quantitative estimate of drug-likeness (QED) is 0.720. The van der Waals surface area contributed by atoms with Crippen molar-refractivity contribution in [2.45, 2.75) is 0 Å². The number of benzene rings is 2. The van der Waals surface area contributed by atoms with Gasteiger partial charge in [0, 0.05) is 50.2 Å². The molecule has 0 spiro atoms. The average molecular weight is 391 g/mol. The molecule has 1 aliphatic rings. The van der Waals surface area contributed by atoms with Gasteiger partial charge in [-0.15, -0.1) is 0 Å². The summed E-state index contributed by atoms with van der Waals surface area (Å²) in [4.78, 5) is 29.7. The molecule has 2 aromatic carbocycles. The van der Waals surface area contributed by atoms with E-state index >= 15 is 0 Å². The van der Waals surface area contributed by atoms with Crippen LogP contribution in [0.15, 0.2) is 59.5 Å². The summed E-state index contributed by atoms with van der Waals surface area (Å²) in [6, 6.07) is 14.8. The van der Waals surface area contributed by atoms with Crippen molar-refractivity contribution in [3.05, 3.63) is 65.1 Å². The first kappa shape index (κ1) is 19.0. The van der Waals surface area contributed by atoms with Crippen molar-refractivity contribution in [1.29, 1.82) is 0 Å². The second kappa shape index (κ2) is 7.97. The number of hydrogen-bond acceptors (Lipinski definition) is 4. The Kier molecular flexibility index (Phi) is 5.22. The zero-order valence-corrected chi connectivity index (χ0v) is 16.7. The van der Waals surface area contributed by atoms with Gasteiger partial charge in [0.25, 0.3) is 5.56 Å². The van der Waals surface area contributed by atoms with E-state index in [1.807, 2.05) is 42.5 Å². The van der Waals surface area contributed by atoms with Crippen LogP contribution in [0.5, 0.6) is 0 Å². The minimum atomic E-state index is -0.338. The van der Waals surface area contributed by atoms with Crippen molar-refractivity contribution in [2.75, 3.05) is 48.8 Å². The first-order chi connectivity index (χ1) is 14.0. The number of likely N-dealkylation sites (N-methyl/N-ethyl adjacent to an activating group) is 1. The SMILES string of the molecule is CN1CCN(c2ccccc2NC(=O)Nc2cn(C)c(=O)c3ccccc23)CC1. The molecule has 1 saturated heterocycles. The maximum Gasteiger partial charge on any atom is 0.323 e. The Morgan fingerprint density at radius 1 is 0.828 bits per heavy atom. The first-order valence-electron chi connectivity index (χ1n) is 9.72. The molecule has 150 valence electrons. The third-order valence-corrected chi connectivity index (χ3v) is 5.34. The van der Waals surface area contributed by atoms with E-state index in [9.17, 15) is 9.59 Å². The predicted molar refractivity (Wildman–Crippen MR) is 118 cm³/mol. The second-order valence-electron chi connectivity index (χ2n) is 7.39. The van der Waals surface area contributed by atoms with Gasteiger partial charge < -0.3 is 25.0 Å². The molecule has 2 heterocycles. The molecule has 2 N–H and O–H groups in total. The van der Waals surface area contributed by atoms with Crippen LogP contribution in [0.3, 0.4) is 0 Å². The predicted octanol–water partition coefficient (Wildman–Crippen LogP) is 2.93. The molecular formula is C22H25N5O2. The topological polar surface area (TPSA) is 69.6 Å². The van der Waals surface area contributed by atoms with Crippen molar-refractivity contribution in [3.63, 3.8) is 0 Å². The number of nitrogens with zero attached hydrogens (tertiary/aromatic N) is 3. The monoisotopic (exact) mass is 391 g/mol. The van der Waals surface area contributed by atoms with E-state index in [1.54, 1.807) is 19.3 Å². The van der Waals surface area contributed by atoms with Gasteiger partial charge in [0.05, 0.1) is 17.1 Å². The van der Waals surface area contributed by atoms with Gasteiger partial charge in [0.1, 0.15) is 0 Å². The van der Waals surface area contributed by atoms with Crippen LogP contribution < -0.4 is 21.1 Å². The zero-order chi connectivity index (χ0) is 20.4. The molecule has 0 unspecified atom stereocenters. The standard InChI is InChI=1S/C22H25N5O2/c1-25-11-13-27(14-12-25)20-10-6-5-9-18(20)23-22(29)24-19-15-26(2)21(28)17-8-4-3-7-16(17)19/h3-10,15H,11-14H2,1-2H3,(H2,23,24,29). The van der Waals surface area contributed by atoms with Crippen LogP contribution in [0.1, 0.15) is 0 Å². The number of rotatable bonds is 3. The van der Waals surface area contributed by atoms with Gasteiger partial charge in [-0.3, -0.25) is 4.79 Å². The highest BCUT2D eigenvalue weighted by molar-refractivity contribution is 6.06. The summed E-state index contributed by atoms with van der Waals surface area (Å²) in [5.41, 5.74) is 2.29. The maximum atomic E-state index is 12.8. The number of carbonyl (C=O) groups is 1. The Hall–Kier alpha value is -3.32. The van der Waals surface area contributed by atoms with Crippen LogP contribution in [0.4, 0.5) is 21.9 Å². The van der Waals surface area contributed by atoms with Crippen LogP contribution >= 0.6 is 0 Å². The minimum Gasteiger partial charge on any atom is -0.367 e. The molecule has 7 heteroatoms. The number of nitrogens with one attached hydrogen (secondary N) is 2. The second-order valence-corrected chi connectivity index (χ2v) is 7.39. The van der Waals surface area contributed by atoms with E-state index in [4.69, 9.17) is 0 Å². The van der Waals surface area contributed by atoms with Crippen LogP contribution in [-0.2, 0) is 7.05 Å². The molecule has 1 aromatic heterocycles. The molecule has 2 amide bonds. The molecule has 0 atom stereocenters. The highest BCUT2D eigenvalue weighted by atomic mass is 16.2. The fourth-order valence-electron chi connectivity index (χ4n) is 3.69. The number of para-hydroxylation sites is 2. The van der Waals surface area contributed by atoms with Gasteiger partial charge in [0.15, 0.2) is 0 Å².